The number of hydrogen-bond donors (Lipinski definition) is 1. The van der Waals surface area contributed by atoms with Crippen molar-refractivity contribution in [2.45, 2.75) is 6.92 Å². The van der Waals surface area contributed by atoms with Crippen LogP contribution >= 0.6 is 11.6 Å². The third-order valence-electron chi connectivity index (χ3n) is 2.90. The summed E-state index contributed by atoms with van der Waals surface area (Å²) in [4.78, 5) is 22.6. The smallest absolute Gasteiger partial charge is 0.311 e. The zero-order valence-electron chi connectivity index (χ0n) is 12.0. The summed E-state index contributed by atoms with van der Waals surface area (Å²) in [6, 6.07) is 7.57. The molecule has 0 aromatic heterocycles. The molecule has 1 amide bonds. The monoisotopic (exact) mass is 338 g/mol. The van der Waals surface area contributed by atoms with E-state index in [2.05, 4.69) is 5.32 Å². The summed E-state index contributed by atoms with van der Waals surface area (Å²) in [6.07, 6.45) is 0. The van der Waals surface area contributed by atoms with Gasteiger partial charge in [0.15, 0.2) is 5.75 Å². The van der Waals surface area contributed by atoms with Gasteiger partial charge in [0, 0.05) is 17.3 Å². The number of anilines is 1. The second-order valence-corrected chi connectivity index (χ2v) is 4.86. The fourth-order valence-corrected chi connectivity index (χ4v) is 2.04. The lowest BCUT2D eigenvalue weighted by Gasteiger charge is -2.08. The number of rotatable bonds is 5. The van der Waals surface area contributed by atoms with Crippen LogP contribution in [0.3, 0.4) is 0 Å². The summed E-state index contributed by atoms with van der Waals surface area (Å²) in [6.45, 7) is 1.96. The van der Waals surface area contributed by atoms with Gasteiger partial charge in [-0.05, 0) is 37.3 Å². The average molecular weight is 339 g/mol. The van der Waals surface area contributed by atoms with Crippen molar-refractivity contribution in [3.8, 4) is 5.75 Å². The molecule has 0 aliphatic carbocycles. The van der Waals surface area contributed by atoms with E-state index in [1.165, 1.54) is 24.3 Å². The molecule has 0 saturated heterocycles. The van der Waals surface area contributed by atoms with Crippen LogP contribution in [0.15, 0.2) is 36.4 Å². The normalized spacial score (nSPS) is 10.2. The maximum Gasteiger partial charge on any atom is 0.311 e. The van der Waals surface area contributed by atoms with Crippen LogP contribution in [0.1, 0.15) is 17.3 Å². The second-order valence-electron chi connectivity index (χ2n) is 4.46. The molecule has 0 spiro atoms. The largest absolute Gasteiger partial charge is 0.487 e. The molecular formula is C15H12ClFN2O4. The molecule has 0 atom stereocenters. The van der Waals surface area contributed by atoms with E-state index in [4.69, 9.17) is 16.3 Å². The van der Waals surface area contributed by atoms with Crippen LogP contribution in [-0.2, 0) is 0 Å². The lowest BCUT2D eigenvalue weighted by molar-refractivity contribution is -0.385. The van der Waals surface area contributed by atoms with Crippen molar-refractivity contribution in [1.82, 2.24) is 0 Å². The maximum atomic E-state index is 13.1. The summed E-state index contributed by atoms with van der Waals surface area (Å²) >= 11 is 5.63. The lowest BCUT2D eigenvalue weighted by Crippen LogP contribution is -2.12. The highest BCUT2D eigenvalue weighted by atomic mass is 35.5. The van der Waals surface area contributed by atoms with Crippen molar-refractivity contribution in [2.75, 3.05) is 11.9 Å². The predicted octanol–water partition coefficient (Wildman–Crippen LogP) is 4.04. The molecule has 23 heavy (non-hydrogen) atoms. The van der Waals surface area contributed by atoms with Gasteiger partial charge in [-0.3, -0.25) is 14.9 Å². The van der Waals surface area contributed by atoms with Crippen molar-refractivity contribution < 1.29 is 18.8 Å². The Bertz CT molecular complexity index is 767. The van der Waals surface area contributed by atoms with E-state index in [0.29, 0.717) is 0 Å². The Balaban J connectivity index is 2.26. The maximum absolute atomic E-state index is 13.1. The Morgan fingerprint density at radius 1 is 1.35 bits per heavy atom. The highest BCUT2D eigenvalue weighted by Gasteiger charge is 2.18. The third-order valence-corrected chi connectivity index (χ3v) is 3.18. The topological polar surface area (TPSA) is 81.5 Å². The van der Waals surface area contributed by atoms with Crippen LogP contribution in [0.2, 0.25) is 5.02 Å². The van der Waals surface area contributed by atoms with Crippen LogP contribution in [-0.4, -0.2) is 17.4 Å². The van der Waals surface area contributed by atoms with Gasteiger partial charge in [-0.2, -0.15) is 0 Å². The van der Waals surface area contributed by atoms with Gasteiger partial charge in [0.05, 0.1) is 16.6 Å². The van der Waals surface area contributed by atoms with Gasteiger partial charge in [-0.15, -0.1) is 0 Å². The molecule has 0 bridgehead atoms. The molecule has 6 nitrogen and oxygen atoms in total. The van der Waals surface area contributed by atoms with Crippen LogP contribution in [0.25, 0.3) is 0 Å². The molecule has 0 aliphatic rings. The number of hydrogen-bond acceptors (Lipinski definition) is 4. The molecule has 8 heteroatoms. The number of nitro benzene ring substituents is 1. The minimum absolute atomic E-state index is 0.0700. The van der Waals surface area contributed by atoms with E-state index < -0.39 is 16.6 Å². The molecule has 2 aromatic rings. The van der Waals surface area contributed by atoms with Gasteiger partial charge < -0.3 is 10.1 Å². The summed E-state index contributed by atoms with van der Waals surface area (Å²) in [5.74, 6) is -1.11. The molecule has 2 aromatic carbocycles. The van der Waals surface area contributed by atoms with Crippen molar-refractivity contribution in [3.63, 3.8) is 0 Å². The number of nitro groups is 1. The first kappa shape index (κ1) is 16.7. The minimum atomic E-state index is -0.628. The number of nitrogens with zero attached hydrogens (tertiary/aromatic N) is 1. The fourth-order valence-electron chi connectivity index (χ4n) is 1.86. The summed E-state index contributed by atoms with van der Waals surface area (Å²) < 4.78 is 18.2. The highest BCUT2D eigenvalue weighted by Crippen LogP contribution is 2.28. The Morgan fingerprint density at radius 3 is 2.70 bits per heavy atom. The first-order chi connectivity index (χ1) is 10.9. The van der Waals surface area contributed by atoms with E-state index >= 15 is 0 Å². The van der Waals surface area contributed by atoms with Gasteiger partial charge in [0.2, 0.25) is 0 Å². The Labute approximate surface area is 136 Å². The van der Waals surface area contributed by atoms with Gasteiger partial charge in [0.1, 0.15) is 5.82 Å². The van der Waals surface area contributed by atoms with Crippen LogP contribution < -0.4 is 10.1 Å². The van der Waals surface area contributed by atoms with Crippen LogP contribution in [0, 0.1) is 15.9 Å². The van der Waals surface area contributed by atoms with Crippen molar-refractivity contribution in [2.24, 2.45) is 0 Å². The Morgan fingerprint density at radius 2 is 2.09 bits per heavy atom. The molecule has 0 unspecified atom stereocenters. The number of nitrogens with one attached hydrogen (secondary N) is 1. The Kier molecular flexibility index (Phi) is 5.13. The molecule has 0 aliphatic heterocycles. The molecule has 2 rings (SSSR count). The molecular weight excluding hydrogens is 327 g/mol. The number of benzene rings is 2. The van der Waals surface area contributed by atoms with Crippen molar-refractivity contribution >= 4 is 28.9 Å². The number of ether oxygens (including phenoxy) is 1. The molecule has 0 radical (unpaired) electrons. The van der Waals surface area contributed by atoms with Gasteiger partial charge >= 0.3 is 5.69 Å². The van der Waals surface area contributed by atoms with E-state index in [1.54, 1.807) is 6.92 Å². The van der Waals surface area contributed by atoms with Crippen LogP contribution in [0.5, 0.6) is 5.75 Å². The van der Waals surface area contributed by atoms with E-state index in [-0.39, 0.29) is 34.3 Å². The average Bonchev–Trinajstić information content (AvgIpc) is 2.51. The van der Waals surface area contributed by atoms with E-state index in [0.717, 1.165) is 12.1 Å². The summed E-state index contributed by atoms with van der Waals surface area (Å²) in [5, 5.41) is 13.4. The SMILES string of the molecule is CCOc1ccc(C(=O)Nc2ccc(F)c(Cl)c2)cc1[N+](=O)[O-]. The number of amides is 1. The molecule has 1 N–H and O–H groups in total. The Hall–Kier alpha value is -2.67. The first-order valence-electron chi connectivity index (χ1n) is 6.60. The first-order valence-corrected chi connectivity index (χ1v) is 6.97. The zero-order valence-corrected chi connectivity index (χ0v) is 12.8. The minimum Gasteiger partial charge on any atom is -0.487 e. The van der Waals surface area contributed by atoms with Gasteiger partial charge in [-0.25, -0.2) is 4.39 Å². The lowest BCUT2D eigenvalue weighted by atomic mass is 10.1. The second kappa shape index (κ2) is 7.06. The fraction of sp³-hybridized carbons (Fsp3) is 0.133. The highest BCUT2D eigenvalue weighted by molar-refractivity contribution is 6.31. The molecule has 120 valence electrons. The quantitative estimate of drug-likeness (QED) is 0.659. The van der Waals surface area contributed by atoms with Gasteiger partial charge in [0.25, 0.3) is 5.91 Å². The third kappa shape index (κ3) is 3.95. The molecule has 0 fully saturated rings. The van der Waals surface area contributed by atoms with Gasteiger partial charge in [-0.1, -0.05) is 11.6 Å². The van der Waals surface area contributed by atoms with E-state index in [1.807, 2.05) is 0 Å². The predicted molar refractivity (Wildman–Crippen MR) is 83.6 cm³/mol. The number of carbonyl (C=O) groups excluding carboxylic acids is 1. The summed E-state index contributed by atoms with van der Waals surface area (Å²) in [5.41, 5.74) is 0.0372. The molecule has 0 heterocycles. The number of carbonyl (C=O) groups is 1. The molecule has 0 saturated carbocycles. The van der Waals surface area contributed by atoms with Crippen molar-refractivity contribution in [3.05, 3.63) is 62.9 Å². The number of halogens is 2. The van der Waals surface area contributed by atoms with Crippen LogP contribution in [0.4, 0.5) is 15.8 Å². The van der Waals surface area contributed by atoms with Crippen molar-refractivity contribution in [1.29, 1.82) is 0 Å². The summed E-state index contributed by atoms with van der Waals surface area (Å²) in [7, 11) is 0. The zero-order chi connectivity index (χ0) is 17.0. The van der Waals surface area contributed by atoms with E-state index in [9.17, 15) is 19.3 Å². The standard InChI is InChI=1S/C15H12ClFN2O4/c1-2-23-14-6-3-9(7-13(14)19(21)22)15(20)18-10-4-5-12(17)11(16)8-10/h3-8H,2H2,1H3,(H,18,20).